The van der Waals surface area contributed by atoms with Crippen LogP contribution in [0.1, 0.15) is 38.8 Å². The molecule has 1 aliphatic heterocycles. The molecule has 0 bridgehead atoms. The first-order valence-electron chi connectivity index (χ1n) is 6.48. The highest BCUT2D eigenvalue weighted by atomic mass is 16.7. The Morgan fingerprint density at radius 1 is 1.16 bits per heavy atom. The quantitative estimate of drug-likeness (QED) is 0.506. The van der Waals surface area contributed by atoms with Crippen LogP contribution in [-0.4, -0.2) is 24.1 Å². The van der Waals surface area contributed by atoms with Crippen molar-refractivity contribution in [1.29, 1.82) is 0 Å². The van der Waals surface area contributed by atoms with Crippen molar-refractivity contribution in [3.63, 3.8) is 0 Å². The van der Waals surface area contributed by atoms with Crippen molar-refractivity contribution < 1.29 is 14.7 Å². The smallest absolute Gasteiger partial charge is 0.199 e. The normalized spacial score (nSPS) is 19.7. The molecule has 1 aromatic rings. The molecule has 4 nitrogen and oxygen atoms in total. The predicted molar refractivity (Wildman–Crippen MR) is 73.5 cm³/mol. The van der Waals surface area contributed by atoms with E-state index >= 15 is 0 Å². The molecule has 1 fully saturated rings. The molecule has 0 unspecified atom stereocenters. The fourth-order valence-corrected chi connectivity index (χ4v) is 2.43. The number of oxime groups is 1. The number of rotatable bonds is 2. The lowest BCUT2D eigenvalue weighted by atomic mass is 9.80. The van der Waals surface area contributed by atoms with Crippen LogP contribution >= 0.6 is 0 Å². The van der Waals surface area contributed by atoms with Gasteiger partial charge in [0, 0.05) is 11.0 Å². The lowest BCUT2D eigenvalue weighted by molar-refractivity contribution is -0.232. The van der Waals surface area contributed by atoms with Crippen LogP contribution in [0.15, 0.2) is 29.4 Å². The van der Waals surface area contributed by atoms with Gasteiger partial charge < -0.3 is 14.7 Å². The van der Waals surface area contributed by atoms with Gasteiger partial charge in [0.05, 0.1) is 18.9 Å². The molecule has 1 aliphatic rings. The minimum absolute atomic E-state index is 0.162. The van der Waals surface area contributed by atoms with Crippen molar-refractivity contribution in [1.82, 2.24) is 0 Å². The van der Waals surface area contributed by atoms with Crippen molar-refractivity contribution >= 4 is 5.71 Å². The SMILES string of the molecule is CC(=NO)c1ccc(C2(C(C)(C)C)OCCO2)cc1. The van der Waals surface area contributed by atoms with Gasteiger partial charge in [-0.1, -0.05) is 50.2 Å². The van der Waals surface area contributed by atoms with Crippen LogP contribution < -0.4 is 0 Å². The van der Waals surface area contributed by atoms with Gasteiger partial charge >= 0.3 is 0 Å². The molecule has 1 N–H and O–H groups in total. The summed E-state index contributed by atoms with van der Waals surface area (Å²) in [6, 6.07) is 7.78. The molecule has 0 saturated carbocycles. The fraction of sp³-hybridized carbons (Fsp3) is 0.533. The van der Waals surface area contributed by atoms with Gasteiger partial charge in [0.25, 0.3) is 0 Å². The van der Waals surface area contributed by atoms with Crippen molar-refractivity contribution in [2.24, 2.45) is 10.6 Å². The zero-order valence-corrected chi connectivity index (χ0v) is 11.9. The summed E-state index contributed by atoms with van der Waals surface area (Å²) >= 11 is 0. The minimum Gasteiger partial charge on any atom is -0.411 e. The largest absolute Gasteiger partial charge is 0.411 e. The number of ether oxygens (including phenoxy) is 2. The van der Waals surface area contributed by atoms with Gasteiger partial charge in [-0.15, -0.1) is 0 Å². The maximum Gasteiger partial charge on any atom is 0.199 e. The van der Waals surface area contributed by atoms with E-state index in [4.69, 9.17) is 14.7 Å². The van der Waals surface area contributed by atoms with Crippen molar-refractivity contribution in [2.75, 3.05) is 13.2 Å². The number of hydrogen-bond donors (Lipinski definition) is 1. The average molecular weight is 263 g/mol. The first kappa shape index (κ1) is 14.0. The Kier molecular flexibility index (Phi) is 3.65. The van der Waals surface area contributed by atoms with E-state index < -0.39 is 5.79 Å². The van der Waals surface area contributed by atoms with Gasteiger partial charge in [0.1, 0.15) is 0 Å². The summed E-state index contributed by atoms with van der Waals surface area (Å²) in [6.45, 7) is 9.29. The number of nitrogens with zero attached hydrogens (tertiary/aromatic N) is 1. The summed E-state index contributed by atoms with van der Waals surface area (Å²) in [7, 11) is 0. The van der Waals surface area contributed by atoms with Crippen molar-refractivity contribution in [2.45, 2.75) is 33.5 Å². The monoisotopic (exact) mass is 263 g/mol. The van der Waals surface area contributed by atoms with Crippen LogP contribution in [0.4, 0.5) is 0 Å². The highest BCUT2D eigenvalue weighted by Crippen LogP contribution is 2.46. The van der Waals surface area contributed by atoms with Crippen LogP contribution in [-0.2, 0) is 15.3 Å². The average Bonchev–Trinajstić information content (AvgIpc) is 2.88. The lowest BCUT2D eigenvalue weighted by Crippen LogP contribution is -2.41. The maximum absolute atomic E-state index is 8.79. The van der Waals surface area contributed by atoms with Crippen molar-refractivity contribution in [3.8, 4) is 0 Å². The van der Waals surface area contributed by atoms with E-state index in [0.717, 1.165) is 11.1 Å². The Labute approximate surface area is 114 Å². The minimum atomic E-state index is -0.699. The summed E-state index contributed by atoms with van der Waals surface area (Å²) in [4.78, 5) is 0. The van der Waals surface area contributed by atoms with E-state index in [1.165, 1.54) is 0 Å². The van der Waals surface area contributed by atoms with Crippen LogP contribution in [0.25, 0.3) is 0 Å². The zero-order chi connectivity index (χ0) is 14.1. The van der Waals surface area contributed by atoms with Gasteiger partial charge in [-0.05, 0) is 12.5 Å². The molecule has 0 aliphatic carbocycles. The number of benzene rings is 1. The Morgan fingerprint density at radius 3 is 2.11 bits per heavy atom. The van der Waals surface area contributed by atoms with Gasteiger partial charge in [0.2, 0.25) is 0 Å². The Balaban J connectivity index is 2.40. The molecule has 19 heavy (non-hydrogen) atoms. The molecule has 1 aromatic carbocycles. The molecule has 0 atom stereocenters. The third-order valence-corrected chi connectivity index (χ3v) is 3.51. The fourth-order valence-electron chi connectivity index (χ4n) is 2.43. The molecule has 2 rings (SSSR count). The van der Waals surface area contributed by atoms with E-state index in [1.807, 2.05) is 24.3 Å². The molecule has 1 heterocycles. The highest BCUT2D eigenvalue weighted by molar-refractivity contribution is 5.98. The first-order valence-corrected chi connectivity index (χ1v) is 6.48. The summed E-state index contributed by atoms with van der Waals surface area (Å²) in [5.74, 6) is -0.699. The zero-order valence-electron chi connectivity index (χ0n) is 11.9. The van der Waals surface area contributed by atoms with Crippen molar-refractivity contribution in [3.05, 3.63) is 35.4 Å². The highest BCUT2D eigenvalue weighted by Gasteiger charge is 2.48. The third kappa shape index (κ3) is 2.38. The van der Waals surface area contributed by atoms with Crippen LogP contribution in [0.2, 0.25) is 0 Å². The summed E-state index contributed by atoms with van der Waals surface area (Å²) in [5, 5.41) is 12.0. The molecule has 104 valence electrons. The first-order chi connectivity index (χ1) is 8.90. The maximum atomic E-state index is 8.79. The Morgan fingerprint density at radius 2 is 1.68 bits per heavy atom. The van der Waals surface area contributed by atoms with Gasteiger partial charge in [-0.3, -0.25) is 0 Å². The van der Waals surface area contributed by atoms with Gasteiger partial charge in [0.15, 0.2) is 5.79 Å². The summed E-state index contributed by atoms with van der Waals surface area (Å²) < 4.78 is 11.8. The van der Waals surface area contributed by atoms with Crippen LogP contribution in [0.3, 0.4) is 0 Å². The predicted octanol–water partition coefficient (Wildman–Crippen LogP) is 3.13. The van der Waals surface area contributed by atoms with E-state index in [2.05, 4.69) is 25.9 Å². The molecular weight excluding hydrogens is 242 g/mol. The molecule has 0 amide bonds. The number of hydrogen-bond acceptors (Lipinski definition) is 4. The second kappa shape index (κ2) is 4.94. The topological polar surface area (TPSA) is 51.1 Å². The van der Waals surface area contributed by atoms with E-state index in [1.54, 1.807) is 6.92 Å². The van der Waals surface area contributed by atoms with Gasteiger partial charge in [-0.2, -0.15) is 0 Å². The third-order valence-electron chi connectivity index (χ3n) is 3.51. The van der Waals surface area contributed by atoms with E-state index in [-0.39, 0.29) is 5.41 Å². The van der Waals surface area contributed by atoms with E-state index in [0.29, 0.717) is 18.9 Å². The summed E-state index contributed by atoms with van der Waals surface area (Å²) in [6.07, 6.45) is 0. The molecule has 0 aromatic heterocycles. The molecule has 1 saturated heterocycles. The lowest BCUT2D eigenvalue weighted by Gasteiger charge is -2.39. The molecular formula is C15H21NO3. The molecule has 4 heteroatoms. The Bertz CT molecular complexity index is 465. The van der Waals surface area contributed by atoms with Crippen LogP contribution in [0.5, 0.6) is 0 Å². The molecule has 0 radical (unpaired) electrons. The second-order valence-corrected chi connectivity index (χ2v) is 5.83. The Hall–Kier alpha value is -1.39. The van der Waals surface area contributed by atoms with E-state index in [9.17, 15) is 0 Å². The van der Waals surface area contributed by atoms with Gasteiger partial charge in [-0.25, -0.2) is 0 Å². The molecule has 0 spiro atoms. The summed E-state index contributed by atoms with van der Waals surface area (Å²) in [5.41, 5.74) is 2.30. The second-order valence-electron chi connectivity index (χ2n) is 5.83. The van der Waals surface area contributed by atoms with Crippen LogP contribution in [0, 0.1) is 5.41 Å². The standard InChI is InChI=1S/C15H21NO3/c1-11(16-17)12-5-7-13(8-6-12)15(14(2,3)4)18-9-10-19-15/h5-8,17H,9-10H2,1-4H3.